The number of ether oxygens (including phenoxy) is 1. The van der Waals surface area contributed by atoms with E-state index in [-0.39, 0.29) is 36.0 Å². The fourth-order valence-electron chi connectivity index (χ4n) is 5.09. The van der Waals surface area contributed by atoms with Crippen molar-refractivity contribution in [3.63, 3.8) is 0 Å². The Morgan fingerprint density at radius 3 is 2.39 bits per heavy atom. The van der Waals surface area contributed by atoms with E-state index >= 15 is 0 Å². The molecule has 2 fully saturated rings. The Morgan fingerprint density at radius 2 is 1.74 bits per heavy atom. The van der Waals surface area contributed by atoms with E-state index in [4.69, 9.17) is 4.74 Å². The van der Waals surface area contributed by atoms with Gasteiger partial charge in [0.15, 0.2) is 5.82 Å². The lowest BCUT2D eigenvalue weighted by molar-refractivity contribution is 0.0595. The average Bonchev–Trinajstić information content (AvgIpc) is 3.31. The predicted molar refractivity (Wildman–Crippen MR) is 147 cm³/mol. The number of aromatic nitrogens is 4. The van der Waals surface area contributed by atoms with Gasteiger partial charge in [-0.15, -0.1) is 12.4 Å². The number of piperazine rings is 1. The SMILES string of the molecule is Cc1ncc(-c2nc(Nc3ccc(C(=O)N4CCN(C(C)C)CC4)cc3)ncc2F)n1C1CCOCC1.Cl. The van der Waals surface area contributed by atoms with E-state index in [1.165, 1.54) is 6.20 Å². The van der Waals surface area contributed by atoms with Gasteiger partial charge >= 0.3 is 0 Å². The van der Waals surface area contributed by atoms with E-state index in [1.54, 1.807) is 18.3 Å². The molecule has 0 radical (unpaired) electrons. The summed E-state index contributed by atoms with van der Waals surface area (Å²) in [6, 6.07) is 7.92. The number of carbonyl (C=O) groups is 1. The molecule has 0 unspecified atom stereocenters. The summed E-state index contributed by atoms with van der Waals surface area (Å²) in [7, 11) is 0. The lowest BCUT2D eigenvalue weighted by atomic mass is 10.1. The summed E-state index contributed by atoms with van der Waals surface area (Å²) in [5.41, 5.74) is 2.19. The van der Waals surface area contributed by atoms with Gasteiger partial charge in [-0.1, -0.05) is 0 Å². The number of rotatable bonds is 6. The molecular weight excluding hydrogens is 509 g/mol. The molecule has 3 aromatic rings. The number of benzene rings is 1. The van der Waals surface area contributed by atoms with Gasteiger partial charge in [0.25, 0.3) is 5.91 Å². The number of aryl methyl sites for hydroxylation is 1. The molecule has 5 rings (SSSR count). The van der Waals surface area contributed by atoms with E-state index in [1.807, 2.05) is 24.0 Å². The van der Waals surface area contributed by atoms with Crippen LogP contribution >= 0.6 is 12.4 Å². The topological polar surface area (TPSA) is 88.4 Å². The first-order valence-electron chi connectivity index (χ1n) is 13.0. The van der Waals surface area contributed by atoms with Crippen molar-refractivity contribution in [2.75, 3.05) is 44.7 Å². The van der Waals surface area contributed by atoms with Crippen LogP contribution in [0.25, 0.3) is 11.4 Å². The highest BCUT2D eigenvalue weighted by molar-refractivity contribution is 5.94. The van der Waals surface area contributed by atoms with Crippen molar-refractivity contribution in [1.82, 2.24) is 29.3 Å². The van der Waals surface area contributed by atoms with Gasteiger partial charge in [0.2, 0.25) is 5.95 Å². The van der Waals surface area contributed by atoms with Crippen molar-refractivity contribution >= 4 is 29.9 Å². The zero-order chi connectivity index (χ0) is 25.9. The number of nitrogens with zero attached hydrogens (tertiary/aromatic N) is 6. The van der Waals surface area contributed by atoms with Crippen LogP contribution in [-0.2, 0) is 4.74 Å². The molecule has 2 aromatic heterocycles. The Kier molecular flexibility index (Phi) is 8.96. The molecule has 204 valence electrons. The highest BCUT2D eigenvalue weighted by Crippen LogP contribution is 2.31. The Hall–Kier alpha value is -3.08. The molecule has 0 spiro atoms. The molecule has 2 saturated heterocycles. The Bertz CT molecular complexity index is 1240. The van der Waals surface area contributed by atoms with Crippen molar-refractivity contribution in [1.29, 1.82) is 0 Å². The van der Waals surface area contributed by atoms with Gasteiger partial charge in [0.1, 0.15) is 11.5 Å². The van der Waals surface area contributed by atoms with Gasteiger partial charge in [-0.3, -0.25) is 9.69 Å². The molecule has 0 saturated carbocycles. The first kappa shape index (κ1) is 27.9. The molecule has 0 aliphatic carbocycles. The fourth-order valence-corrected chi connectivity index (χ4v) is 5.09. The van der Waals surface area contributed by atoms with E-state index in [0.29, 0.717) is 36.2 Å². The second-order valence-corrected chi connectivity index (χ2v) is 9.92. The van der Waals surface area contributed by atoms with Gasteiger partial charge < -0.3 is 19.5 Å². The number of amides is 1. The smallest absolute Gasteiger partial charge is 0.253 e. The Morgan fingerprint density at radius 1 is 1.05 bits per heavy atom. The second-order valence-electron chi connectivity index (χ2n) is 9.92. The van der Waals surface area contributed by atoms with Gasteiger partial charge in [0.05, 0.1) is 18.1 Å². The van der Waals surface area contributed by atoms with Gasteiger partial charge in [-0.25, -0.2) is 19.3 Å². The second kappa shape index (κ2) is 12.2. The van der Waals surface area contributed by atoms with Gasteiger partial charge in [0, 0.05) is 62.7 Å². The number of halogens is 2. The lowest BCUT2D eigenvalue weighted by Crippen LogP contribution is -2.50. The van der Waals surface area contributed by atoms with Crippen molar-refractivity contribution in [2.45, 2.75) is 45.7 Å². The van der Waals surface area contributed by atoms with Crippen LogP contribution in [0, 0.1) is 12.7 Å². The monoisotopic (exact) mass is 543 g/mol. The number of carbonyl (C=O) groups excluding carboxylic acids is 1. The van der Waals surface area contributed by atoms with Crippen molar-refractivity contribution in [3.8, 4) is 11.4 Å². The first-order chi connectivity index (χ1) is 17.9. The minimum Gasteiger partial charge on any atom is -0.381 e. The maximum absolute atomic E-state index is 14.9. The van der Waals surface area contributed by atoms with Crippen LogP contribution in [0.5, 0.6) is 0 Å². The van der Waals surface area contributed by atoms with Crippen molar-refractivity contribution in [2.24, 2.45) is 0 Å². The quantitative estimate of drug-likeness (QED) is 0.490. The van der Waals surface area contributed by atoms with Crippen molar-refractivity contribution in [3.05, 3.63) is 53.9 Å². The summed E-state index contributed by atoms with van der Waals surface area (Å²) in [5.74, 6) is 0.627. The summed E-state index contributed by atoms with van der Waals surface area (Å²) in [6.45, 7) is 10.9. The third kappa shape index (κ3) is 5.98. The number of nitrogens with one attached hydrogen (secondary N) is 1. The Balaban J connectivity index is 0.00000336. The summed E-state index contributed by atoms with van der Waals surface area (Å²) < 4.78 is 22.4. The average molecular weight is 544 g/mol. The molecule has 1 aromatic carbocycles. The first-order valence-corrected chi connectivity index (χ1v) is 13.0. The highest BCUT2D eigenvalue weighted by Gasteiger charge is 2.25. The van der Waals surface area contributed by atoms with E-state index < -0.39 is 5.82 Å². The van der Waals surface area contributed by atoms with Gasteiger partial charge in [-0.2, -0.15) is 0 Å². The summed E-state index contributed by atoms with van der Waals surface area (Å²) in [6.07, 6.45) is 4.54. The standard InChI is InChI=1S/C27H34FN7O2.ClH/c1-18(2)33-10-12-34(13-11-33)26(36)20-4-6-21(7-5-20)31-27-30-16-23(28)25(32-27)24-17-29-19(3)35(24)22-8-14-37-15-9-22;/h4-7,16-18,22H,8-15H2,1-3H3,(H,30,31,32);1H. The van der Waals surface area contributed by atoms with E-state index in [0.717, 1.165) is 44.8 Å². The van der Waals surface area contributed by atoms with Crippen molar-refractivity contribution < 1.29 is 13.9 Å². The molecule has 11 heteroatoms. The van der Waals surface area contributed by atoms with Gasteiger partial charge in [-0.05, 0) is 57.9 Å². The van der Waals surface area contributed by atoms with E-state index in [2.05, 4.69) is 43.6 Å². The minimum absolute atomic E-state index is 0. The third-order valence-corrected chi connectivity index (χ3v) is 7.24. The van der Waals surface area contributed by atoms with Crippen LogP contribution in [0.4, 0.5) is 16.0 Å². The van der Waals surface area contributed by atoms with Crippen LogP contribution in [-0.4, -0.2) is 80.7 Å². The minimum atomic E-state index is -0.503. The zero-order valence-electron chi connectivity index (χ0n) is 22.1. The van der Waals surface area contributed by atoms with Crippen LogP contribution in [0.3, 0.4) is 0 Å². The molecule has 0 atom stereocenters. The summed E-state index contributed by atoms with van der Waals surface area (Å²) in [4.78, 5) is 30.3. The number of anilines is 2. The van der Waals surface area contributed by atoms with E-state index in [9.17, 15) is 9.18 Å². The molecule has 9 nitrogen and oxygen atoms in total. The molecule has 0 bridgehead atoms. The largest absolute Gasteiger partial charge is 0.381 e. The third-order valence-electron chi connectivity index (χ3n) is 7.24. The summed E-state index contributed by atoms with van der Waals surface area (Å²) in [5, 5.41) is 3.14. The van der Waals surface area contributed by atoms with Crippen LogP contribution in [0.15, 0.2) is 36.7 Å². The zero-order valence-corrected chi connectivity index (χ0v) is 22.9. The maximum Gasteiger partial charge on any atom is 0.253 e. The number of hydrogen-bond donors (Lipinski definition) is 1. The summed E-state index contributed by atoms with van der Waals surface area (Å²) >= 11 is 0. The van der Waals surface area contributed by atoms with Crippen LogP contribution in [0.2, 0.25) is 0 Å². The lowest BCUT2D eigenvalue weighted by Gasteiger charge is -2.37. The Labute approximate surface area is 228 Å². The number of hydrogen-bond acceptors (Lipinski definition) is 7. The molecule has 1 N–H and O–H groups in total. The molecule has 1 amide bonds. The highest BCUT2D eigenvalue weighted by atomic mass is 35.5. The molecule has 2 aliphatic heterocycles. The van der Waals surface area contributed by atoms with Crippen LogP contribution < -0.4 is 5.32 Å². The molecular formula is C27H35ClFN7O2. The molecule has 4 heterocycles. The number of imidazole rings is 1. The predicted octanol–water partition coefficient (Wildman–Crippen LogP) is 4.47. The maximum atomic E-state index is 14.9. The van der Waals surface area contributed by atoms with Crippen LogP contribution in [0.1, 0.15) is 48.9 Å². The molecule has 2 aliphatic rings. The molecule has 38 heavy (non-hydrogen) atoms. The normalized spacial score (nSPS) is 16.9. The fraction of sp³-hybridized carbons (Fsp3) is 0.481.